The number of methoxy groups -OCH3 is 1. The molecule has 0 unspecified atom stereocenters. The SMILES string of the molecule is COC(=O)[C@@H](N)c1ccc(C)o1.Cl. The monoisotopic (exact) mass is 205 g/mol. The number of ether oxygens (including phenoxy) is 1. The van der Waals surface area contributed by atoms with E-state index in [0.717, 1.165) is 5.76 Å². The Bertz CT molecular complexity index is 285. The largest absolute Gasteiger partial charge is 0.468 e. The van der Waals surface area contributed by atoms with E-state index in [1.807, 2.05) is 0 Å². The maximum Gasteiger partial charge on any atom is 0.330 e. The molecule has 1 aromatic heterocycles. The minimum Gasteiger partial charge on any atom is -0.468 e. The molecule has 1 aromatic rings. The Hall–Kier alpha value is -1.00. The van der Waals surface area contributed by atoms with E-state index in [4.69, 9.17) is 10.2 Å². The molecule has 13 heavy (non-hydrogen) atoms. The van der Waals surface area contributed by atoms with Crippen molar-refractivity contribution >= 4 is 18.4 Å². The van der Waals surface area contributed by atoms with Crippen molar-refractivity contribution in [2.75, 3.05) is 7.11 Å². The van der Waals surface area contributed by atoms with Crippen molar-refractivity contribution in [3.8, 4) is 0 Å². The number of carbonyl (C=O) groups excluding carboxylic acids is 1. The topological polar surface area (TPSA) is 65.5 Å². The average Bonchev–Trinajstić information content (AvgIpc) is 2.49. The average molecular weight is 206 g/mol. The number of nitrogens with two attached hydrogens (primary N) is 1. The van der Waals surface area contributed by atoms with Crippen molar-refractivity contribution in [1.82, 2.24) is 0 Å². The number of hydrogen-bond acceptors (Lipinski definition) is 4. The highest BCUT2D eigenvalue weighted by Crippen LogP contribution is 2.14. The van der Waals surface area contributed by atoms with Gasteiger partial charge < -0.3 is 14.9 Å². The Morgan fingerprint density at radius 2 is 2.23 bits per heavy atom. The molecule has 2 N–H and O–H groups in total. The van der Waals surface area contributed by atoms with Crippen LogP contribution in [0, 0.1) is 6.92 Å². The summed E-state index contributed by atoms with van der Waals surface area (Å²) in [5, 5.41) is 0. The van der Waals surface area contributed by atoms with Gasteiger partial charge in [-0.3, -0.25) is 0 Å². The van der Waals surface area contributed by atoms with Crippen LogP contribution < -0.4 is 5.73 Å². The molecule has 0 aromatic carbocycles. The van der Waals surface area contributed by atoms with Gasteiger partial charge in [0.2, 0.25) is 0 Å². The molecule has 0 aliphatic heterocycles. The third-order valence-electron chi connectivity index (χ3n) is 1.52. The molecule has 0 aliphatic carbocycles. The summed E-state index contributed by atoms with van der Waals surface area (Å²) < 4.78 is 9.59. The number of rotatable bonds is 2. The fraction of sp³-hybridized carbons (Fsp3) is 0.375. The highest BCUT2D eigenvalue weighted by molar-refractivity contribution is 5.85. The van der Waals surface area contributed by atoms with Gasteiger partial charge in [0.25, 0.3) is 0 Å². The lowest BCUT2D eigenvalue weighted by atomic mass is 10.2. The Kier molecular flexibility index (Phi) is 4.51. The lowest BCUT2D eigenvalue weighted by Gasteiger charge is -2.04. The van der Waals surface area contributed by atoms with Gasteiger partial charge in [-0.25, -0.2) is 4.79 Å². The van der Waals surface area contributed by atoms with Crippen LogP contribution in [0.4, 0.5) is 0 Å². The van der Waals surface area contributed by atoms with Crippen LogP contribution in [-0.4, -0.2) is 13.1 Å². The maximum atomic E-state index is 10.9. The zero-order chi connectivity index (χ0) is 9.14. The van der Waals surface area contributed by atoms with Gasteiger partial charge in [0.1, 0.15) is 11.5 Å². The zero-order valence-electron chi connectivity index (χ0n) is 7.44. The van der Waals surface area contributed by atoms with E-state index in [1.54, 1.807) is 19.1 Å². The van der Waals surface area contributed by atoms with Crippen molar-refractivity contribution in [2.45, 2.75) is 13.0 Å². The summed E-state index contributed by atoms with van der Waals surface area (Å²) in [5.74, 6) is 0.660. The first kappa shape index (κ1) is 12.0. The Labute approximate surface area is 82.5 Å². The first-order chi connectivity index (χ1) is 5.65. The number of carbonyl (C=O) groups is 1. The Morgan fingerprint density at radius 1 is 1.62 bits per heavy atom. The molecular weight excluding hydrogens is 194 g/mol. The van der Waals surface area contributed by atoms with Gasteiger partial charge in [0, 0.05) is 0 Å². The smallest absolute Gasteiger partial charge is 0.330 e. The fourth-order valence-electron chi connectivity index (χ4n) is 0.864. The normalized spacial score (nSPS) is 11.6. The van der Waals surface area contributed by atoms with E-state index in [1.165, 1.54) is 7.11 Å². The molecule has 4 nitrogen and oxygen atoms in total. The van der Waals surface area contributed by atoms with Crippen LogP contribution in [0.1, 0.15) is 17.6 Å². The predicted molar refractivity (Wildman–Crippen MR) is 49.6 cm³/mol. The van der Waals surface area contributed by atoms with Crippen molar-refractivity contribution in [3.63, 3.8) is 0 Å². The number of esters is 1. The van der Waals surface area contributed by atoms with Crippen molar-refractivity contribution in [2.24, 2.45) is 5.73 Å². The van der Waals surface area contributed by atoms with E-state index < -0.39 is 12.0 Å². The van der Waals surface area contributed by atoms with Gasteiger partial charge in [-0.1, -0.05) is 0 Å². The second kappa shape index (κ2) is 4.89. The van der Waals surface area contributed by atoms with E-state index in [-0.39, 0.29) is 12.4 Å². The number of furan rings is 1. The molecule has 0 saturated heterocycles. The zero-order valence-corrected chi connectivity index (χ0v) is 8.26. The highest BCUT2D eigenvalue weighted by Gasteiger charge is 2.18. The van der Waals surface area contributed by atoms with Crippen LogP contribution in [0.5, 0.6) is 0 Å². The van der Waals surface area contributed by atoms with Crippen LogP contribution >= 0.6 is 12.4 Å². The van der Waals surface area contributed by atoms with Crippen molar-refractivity contribution in [1.29, 1.82) is 0 Å². The molecule has 74 valence electrons. The third-order valence-corrected chi connectivity index (χ3v) is 1.52. The van der Waals surface area contributed by atoms with E-state index in [9.17, 15) is 4.79 Å². The van der Waals surface area contributed by atoms with E-state index in [0.29, 0.717) is 5.76 Å². The van der Waals surface area contributed by atoms with Gasteiger partial charge in [0.05, 0.1) is 7.11 Å². The van der Waals surface area contributed by atoms with Gasteiger partial charge in [0.15, 0.2) is 6.04 Å². The molecule has 1 heterocycles. The summed E-state index contributed by atoms with van der Waals surface area (Å²) in [4.78, 5) is 10.9. The van der Waals surface area contributed by atoms with Crippen molar-refractivity contribution < 1.29 is 13.9 Å². The van der Waals surface area contributed by atoms with Crippen molar-refractivity contribution in [3.05, 3.63) is 23.7 Å². The quantitative estimate of drug-likeness (QED) is 0.737. The lowest BCUT2D eigenvalue weighted by Crippen LogP contribution is -2.21. The van der Waals surface area contributed by atoms with E-state index >= 15 is 0 Å². The molecule has 0 bridgehead atoms. The van der Waals surface area contributed by atoms with Gasteiger partial charge in [-0.15, -0.1) is 12.4 Å². The van der Waals surface area contributed by atoms with Gasteiger partial charge in [-0.05, 0) is 19.1 Å². The molecule has 0 aliphatic rings. The number of aryl methyl sites for hydroxylation is 1. The Balaban J connectivity index is 0.00000144. The Morgan fingerprint density at radius 3 is 2.62 bits per heavy atom. The third kappa shape index (κ3) is 2.75. The molecule has 1 atom stereocenters. The van der Waals surface area contributed by atoms with Crippen LogP contribution in [-0.2, 0) is 9.53 Å². The van der Waals surface area contributed by atoms with Crippen LogP contribution in [0.2, 0.25) is 0 Å². The lowest BCUT2D eigenvalue weighted by molar-refractivity contribution is -0.142. The highest BCUT2D eigenvalue weighted by atomic mass is 35.5. The maximum absolute atomic E-state index is 10.9. The first-order valence-corrected chi connectivity index (χ1v) is 3.55. The summed E-state index contributed by atoms with van der Waals surface area (Å²) >= 11 is 0. The van der Waals surface area contributed by atoms with Crippen LogP contribution in [0.3, 0.4) is 0 Å². The molecule has 1 rings (SSSR count). The molecule has 5 heteroatoms. The fourth-order valence-corrected chi connectivity index (χ4v) is 0.864. The molecule has 0 radical (unpaired) electrons. The second-order valence-electron chi connectivity index (χ2n) is 2.45. The van der Waals surface area contributed by atoms with Crippen LogP contribution in [0.25, 0.3) is 0 Å². The summed E-state index contributed by atoms with van der Waals surface area (Å²) in [7, 11) is 1.29. The summed E-state index contributed by atoms with van der Waals surface area (Å²) in [5.41, 5.74) is 5.49. The van der Waals surface area contributed by atoms with E-state index in [2.05, 4.69) is 4.74 Å². The minimum absolute atomic E-state index is 0. The molecule has 0 spiro atoms. The molecular formula is C8H12ClNO3. The first-order valence-electron chi connectivity index (χ1n) is 3.55. The van der Waals surface area contributed by atoms with Gasteiger partial charge in [-0.2, -0.15) is 0 Å². The van der Waals surface area contributed by atoms with Gasteiger partial charge >= 0.3 is 5.97 Å². The summed E-state index contributed by atoms with van der Waals surface area (Å²) in [6.45, 7) is 1.79. The second-order valence-corrected chi connectivity index (χ2v) is 2.45. The molecule has 0 saturated carbocycles. The predicted octanol–water partition coefficient (Wildman–Crippen LogP) is 1.18. The standard InChI is InChI=1S/C8H11NO3.ClH/c1-5-3-4-6(12-5)7(9)8(10)11-2;/h3-4,7H,9H2,1-2H3;1H/t7-;/m0./s1. The molecule has 0 amide bonds. The number of halogens is 1. The minimum atomic E-state index is -0.816. The summed E-state index contributed by atoms with van der Waals surface area (Å²) in [6.07, 6.45) is 0. The summed E-state index contributed by atoms with van der Waals surface area (Å²) in [6, 6.07) is 2.60. The molecule has 0 fully saturated rings. The number of hydrogen-bond donors (Lipinski definition) is 1. The van der Waals surface area contributed by atoms with Crippen LogP contribution in [0.15, 0.2) is 16.5 Å².